The first-order valence-corrected chi connectivity index (χ1v) is 10.8. The van der Waals surface area contributed by atoms with Crippen molar-refractivity contribution >= 4 is 45.5 Å². The Kier molecular flexibility index (Phi) is 6.04. The molecule has 2 N–H and O–H groups in total. The molecular weight excluding hydrogens is 362 g/mol. The second kappa shape index (κ2) is 8.27. The molecule has 0 fully saturated rings. The molecular formula is C20H25N3OS2. The number of anilines is 2. The SMILES string of the molecule is CCC1=NC(SCC(=O)Nc2ccc(C)c(C)c2)c2cc(CC)sc2N1. The fourth-order valence-corrected chi connectivity index (χ4v) is 4.84. The number of hydrogen-bond donors (Lipinski definition) is 2. The summed E-state index contributed by atoms with van der Waals surface area (Å²) in [7, 11) is 0. The van der Waals surface area contributed by atoms with E-state index >= 15 is 0 Å². The lowest BCUT2D eigenvalue weighted by Gasteiger charge is -2.21. The van der Waals surface area contributed by atoms with Gasteiger partial charge in [-0.15, -0.1) is 23.1 Å². The van der Waals surface area contributed by atoms with Crippen molar-refractivity contribution < 1.29 is 4.79 Å². The van der Waals surface area contributed by atoms with Gasteiger partial charge in [0.05, 0.1) is 5.75 Å². The van der Waals surface area contributed by atoms with Gasteiger partial charge in [-0.3, -0.25) is 9.79 Å². The number of carbonyl (C=O) groups excluding carboxylic acids is 1. The molecule has 1 amide bonds. The predicted molar refractivity (Wildman–Crippen MR) is 115 cm³/mol. The topological polar surface area (TPSA) is 53.5 Å². The summed E-state index contributed by atoms with van der Waals surface area (Å²) in [5.74, 6) is 1.39. The van der Waals surface area contributed by atoms with Gasteiger partial charge in [0.1, 0.15) is 16.2 Å². The largest absolute Gasteiger partial charge is 0.335 e. The molecule has 138 valence electrons. The van der Waals surface area contributed by atoms with E-state index in [2.05, 4.69) is 44.4 Å². The Balaban J connectivity index is 1.66. The second-order valence-electron chi connectivity index (χ2n) is 6.42. The van der Waals surface area contributed by atoms with E-state index in [-0.39, 0.29) is 11.3 Å². The Morgan fingerprint density at radius 2 is 2.04 bits per heavy atom. The number of amidine groups is 1. The van der Waals surface area contributed by atoms with Crippen LogP contribution in [0.1, 0.15) is 47.2 Å². The van der Waals surface area contributed by atoms with Crippen LogP contribution < -0.4 is 10.6 Å². The zero-order chi connectivity index (χ0) is 18.7. The van der Waals surface area contributed by atoms with Crippen LogP contribution in [0.15, 0.2) is 29.3 Å². The summed E-state index contributed by atoms with van der Waals surface area (Å²) in [5, 5.41) is 7.59. The molecule has 1 aromatic heterocycles. The van der Waals surface area contributed by atoms with Crippen molar-refractivity contribution in [2.24, 2.45) is 4.99 Å². The number of carbonyl (C=O) groups is 1. The van der Waals surface area contributed by atoms with Crippen LogP contribution in [-0.2, 0) is 11.2 Å². The van der Waals surface area contributed by atoms with Crippen molar-refractivity contribution in [3.05, 3.63) is 45.8 Å². The molecule has 1 aromatic carbocycles. The van der Waals surface area contributed by atoms with Crippen LogP contribution in [0.3, 0.4) is 0 Å². The van der Waals surface area contributed by atoms with Crippen molar-refractivity contribution in [3.63, 3.8) is 0 Å². The van der Waals surface area contributed by atoms with E-state index in [1.807, 2.05) is 18.2 Å². The third-order valence-corrected chi connectivity index (χ3v) is 6.77. The first-order chi connectivity index (χ1) is 12.5. The van der Waals surface area contributed by atoms with E-state index < -0.39 is 0 Å². The number of nitrogens with one attached hydrogen (secondary N) is 2. The highest BCUT2D eigenvalue weighted by molar-refractivity contribution is 8.00. The van der Waals surface area contributed by atoms with Crippen molar-refractivity contribution in [3.8, 4) is 0 Å². The first-order valence-electron chi connectivity index (χ1n) is 8.95. The minimum atomic E-state index is -0.0109. The maximum absolute atomic E-state index is 12.4. The predicted octanol–water partition coefficient (Wildman–Crippen LogP) is 5.53. The molecule has 1 aliphatic heterocycles. The van der Waals surface area contributed by atoms with Crippen LogP contribution in [0, 0.1) is 13.8 Å². The van der Waals surface area contributed by atoms with E-state index in [0.717, 1.165) is 24.4 Å². The lowest BCUT2D eigenvalue weighted by molar-refractivity contribution is -0.113. The Labute approximate surface area is 163 Å². The van der Waals surface area contributed by atoms with Crippen LogP contribution in [0.25, 0.3) is 0 Å². The number of aliphatic imine (C=N–C) groups is 1. The number of aryl methyl sites for hydroxylation is 3. The second-order valence-corrected chi connectivity index (χ2v) is 8.62. The van der Waals surface area contributed by atoms with Gasteiger partial charge in [-0.2, -0.15) is 0 Å². The van der Waals surface area contributed by atoms with Gasteiger partial charge in [-0.05, 0) is 49.6 Å². The molecule has 1 unspecified atom stereocenters. The molecule has 6 heteroatoms. The summed E-state index contributed by atoms with van der Waals surface area (Å²) in [5.41, 5.74) is 4.46. The van der Waals surface area contributed by atoms with Gasteiger partial charge in [0, 0.05) is 22.5 Å². The number of rotatable bonds is 6. The van der Waals surface area contributed by atoms with E-state index in [0.29, 0.717) is 5.75 Å². The number of thioether (sulfide) groups is 1. The number of hydrogen-bond acceptors (Lipinski definition) is 5. The Bertz CT molecular complexity index is 842. The highest BCUT2D eigenvalue weighted by Gasteiger charge is 2.24. The first kappa shape index (κ1) is 19.0. The van der Waals surface area contributed by atoms with Crippen LogP contribution in [0.4, 0.5) is 10.7 Å². The molecule has 2 aromatic rings. The van der Waals surface area contributed by atoms with E-state index in [1.165, 1.54) is 26.6 Å². The molecule has 26 heavy (non-hydrogen) atoms. The Morgan fingerprint density at radius 1 is 1.23 bits per heavy atom. The molecule has 0 bridgehead atoms. The van der Waals surface area contributed by atoms with Gasteiger partial charge in [0.15, 0.2) is 0 Å². The third kappa shape index (κ3) is 4.30. The standard InChI is InChI=1S/C20H25N3OS2/c1-5-15-10-16-19(22-17(6-2)23-20(16)26-15)25-11-18(24)21-14-8-7-12(3)13(4)9-14/h7-10,19H,5-6,11H2,1-4H3,(H,21,24)(H,22,23). The summed E-state index contributed by atoms with van der Waals surface area (Å²) in [6.45, 7) is 8.39. The summed E-state index contributed by atoms with van der Waals surface area (Å²) in [4.78, 5) is 18.5. The van der Waals surface area contributed by atoms with Gasteiger partial charge < -0.3 is 10.6 Å². The van der Waals surface area contributed by atoms with Crippen LogP contribution >= 0.6 is 23.1 Å². The van der Waals surface area contributed by atoms with Gasteiger partial charge in [0.2, 0.25) is 5.91 Å². The smallest absolute Gasteiger partial charge is 0.234 e. The number of fused-ring (bicyclic) bond motifs is 1. The number of benzene rings is 1. The lowest BCUT2D eigenvalue weighted by Crippen LogP contribution is -2.19. The quantitative estimate of drug-likeness (QED) is 0.685. The maximum atomic E-state index is 12.4. The van der Waals surface area contributed by atoms with Crippen molar-refractivity contribution in [1.29, 1.82) is 0 Å². The fourth-order valence-electron chi connectivity index (χ4n) is 2.77. The molecule has 0 saturated heterocycles. The van der Waals surface area contributed by atoms with Crippen molar-refractivity contribution in [1.82, 2.24) is 0 Å². The number of nitrogens with zero attached hydrogens (tertiary/aromatic N) is 1. The average Bonchev–Trinajstić information content (AvgIpc) is 3.06. The van der Waals surface area contributed by atoms with Crippen LogP contribution in [-0.4, -0.2) is 17.5 Å². The minimum Gasteiger partial charge on any atom is -0.335 e. The Hall–Kier alpha value is -1.79. The molecule has 3 rings (SSSR count). The Morgan fingerprint density at radius 3 is 2.73 bits per heavy atom. The third-order valence-electron chi connectivity index (χ3n) is 4.46. The molecule has 1 aliphatic rings. The van der Waals surface area contributed by atoms with Crippen LogP contribution in [0.5, 0.6) is 0 Å². The molecule has 4 nitrogen and oxygen atoms in total. The molecule has 2 heterocycles. The number of amides is 1. The van der Waals surface area contributed by atoms with Crippen molar-refractivity contribution in [2.45, 2.75) is 45.9 Å². The zero-order valence-electron chi connectivity index (χ0n) is 15.7. The van der Waals surface area contributed by atoms with Gasteiger partial charge in [-0.25, -0.2) is 0 Å². The van der Waals surface area contributed by atoms with Crippen LogP contribution in [0.2, 0.25) is 0 Å². The molecule has 0 saturated carbocycles. The highest BCUT2D eigenvalue weighted by atomic mass is 32.2. The molecule has 0 radical (unpaired) electrons. The average molecular weight is 388 g/mol. The summed E-state index contributed by atoms with van der Waals surface area (Å²) in [6.07, 6.45) is 1.89. The number of thiophene rings is 1. The normalized spacial score (nSPS) is 15.8. The highest BCUT2D eigenvalue weighted by Crippen LogP contribution is 2.43. The lowest BCUT2D eigenvalue weighted by atomic mass is 10.1. The summed E-state index contributed by atoms with van der Waals surface area (Å²) < 4.78 is 0. The van der Waals surface area contributed by atoms with Gasteiger partial charge in [0.25, 0.3) is 0 Å². The van der Waals surface area contributed by atoms with E-state index in [1.54, 1.807) is 23.1 Å². The molecule has 0 aliphatic carbocycles. The van der Waals surface area contributed by atoms with E-state index in [4.69, 9.17) is 4.99 Å². The van der Waals surface area contributed by atoms with Gasteiger partial charge in [-0.1, -0.05) is 19.9 Å². The van der Waals surface area contributed by atoms with Gasteiger partial charge >= 0.3 is 0 Å². The monoisotopic (exact) mass is 387 g/mol. The summed E-state index contributed by atoms with van der Waals surface area (Å²) in [6, 6.07) is 8.22. The maximum Gasteiger partial charge on any atom is 0.234 e. The van der Waals surface area contributed by atoms with Crippen molar-refractivity contribution in [2.75, 3.05) is 16.4 Å². The summed E-state index contributed by atoms with van der Waals surface area (Å²) >= 11 is 3.38. The molecule has 0 spiro atoms. The fraction of sp³-hybridized carbons (Fsp3) is 0.400. The van der Waals surface area contributed by atoms with E-state index in [9.17, 15) is 4.79 Å². The molecule has 1 atom stereocenters. The zero-order valence-corrected chi connectivity index (χ0v) is 17.3. The minimum absolute atomic E-state index is 0.0109.